The Balaban J connectivity index is 1.08. The van der Waals surface area contributed by atoms with Crippen LogP contribution in [0, 0.1) is 23.6 Å². The highest BCUT2D eigenvalue weighted by atomic mass is 19.1. The molecule has 1 aliphatic carbocycles. The summed E-state index contributed by atoms with van der Waals surface area (Å²) in [4.78, 5) is 16.7. The van der Waals surface area contributed by atoms with E-state index in [4.69, 9.17) is 23.5 Å². The molecular formula is C24H26FN3O6. The van der Waals surface area contributed by atoms with Crippen LogP contribution in [0.2, 0.25) is 0 Å². The monoisotopic (exact) mass is 471 g/mol. The Hall–Kier alpha value is -2.85. The molecule has 4 fully saturated rings. The van der Waals surface area contributed by atoms with E-state index >= 15 is 0 Å². The second-order valence-corrected chi connectivity index (χ2v) is 9.88. The molecule has 2 aromatic rings. The summed E-state index contributed by atoms with van der Waals surface area (Å²) in [6, 6.07) is 4.04. The number of benzene rings is 1. The fraction of sp³-hybridized carbons (Fsp3) is 0.583. The van der Waals surface area contributed by atoms with Crippen molar-refractivity contribution in [2.75, 3.05) is 36.1 Å². The zero-order valence-corrected chi connectivity index (χ0v) is 18.8. The third kappa shape index (κ3) is 2.91. The number of piperidine rings is 1. The minimum Gasteiger partial charge on any atom is -0.425 e. The van der Waals surface area contributed by atoms with Crippen LogP contribution >= 0.6 is 0 Å². The maximum Gasteiger partial charge on any atom is 0.418 e. The number of carbonyl (C=O) groups excluding carboxylic acids is 1. The Bertz CT molecular complexity index is 1120. The number of ether oxygens (including phenoxy) is 4. The fourth-order valence-electron chi connectivity index (χ4n) is 6.08. The molecule has 5 heterocycles. The highest BCUT2D eigenvalue weighted by Gasteiger charge is 2.65. The SMILES string of the molecule is C[C@H]1N(c2cc(F)ccc2N2CC3[C@H](COC4CCCCO4)[C@H]3C2)C(=O)O[C@@]12Oc1nocc12. The predicted molar refractivity (Wildman–Crippen MR) is 116 cm³/mol. The van der Waals surface area contributed by atoms with Gasteiger partial charge in [0.2, 0.25) is 0 Å². The van der Waals surface area contributed by atoms with E-state index in [0.717, 1.165) is 51.3 Å². The lowest BCUT2D eigenvalue weighted by atomic mass is 9.97. The summed E-state index contributed by atoms with van der Waals surface area (Å²) in [6.45, 7) is 5.01. The van der Waals surface area contributed by atoms with Crippen LogP contribution in [0.5, 0.6) is 5.88 Å². The van der Waals surface area contributed by atoms with Gasteiger partial charge in [-0.15, -0.1) is 0 Å². The molecule has 4 aliphatic heterocycles. The van der Waals surface area contributed by atoms with Gasteiger partial charge in [0.15, 0.2) is 6.29 Å². The van der Waals surface area contributed by atoms with Gasteiger partial charge in [-0.25, -0.2) is 9.18 Å². The number of rotatable bonds is 5. The third-order valence-corrected chi connectivity index (χ3v) is 8.05. The molecule has 0 radical (unpaired) electrons. The van der Waals surface area contributed by atoms with Gasteiger partial charge in [0.05, 0.1) is 18.0 Å². The fourth-order valence-corrected chi connectivity index (χ4v) is 6.08. The van der Waals surface area contributed by atoms with E-state index in [1.54, 1.807) is 6.07 Å². The Morgan fingerprint density at radius 2 is 2.06 bits per heavy atom. The van der Waals surface area contributed by atoms with E-state index in [2.05, 4.69) is 10.1 Å². The van der Waals surface area contributed by atoms with E-state index < -0.39 is 23.7 Å². The lowest BCUT2D eigenvalue weighted by Gasteiger charge is -2.37. The van der Waals surface area contributed by atoms with E-state index in [1.165, 1.54) is 23.3 Å². The van der Waals surface area contributed by atoms with Gasteiger partial charge in [-0.3, -0.25) is 4.90 Å². The van der Waals surface area contributed by atoms with Gasteiger partial charge < -0.3 is 28.4 Å². The van der Waals surface area contributed by atoms with Crippen molar-refractivity contribution in [3.63, 3.8) is 0 Å². The largest absolute Gasteiger partial charge is 0.425 e. The first kappa shape index (κ1) is 20.5. The topological polar surface area (TPSA) is 86.5 Å². The van der Waals surface area contributed by atoms with Crippen molar-refractivity contribution < 1.29 is 32.7 Å². The summed E-state index contributed by atoms with van der Waals surface area (Å²) in [5.41, 5.74) is 1.88. The first-order valence-electron chi connectivity index (χ1n) is 12.0. The lowest BCUT2D eigenvalue weighted by Crippen LogP contribution is -2.51. The summed E-state index contributed by atoms with van der Waals surface area (Å²) < 4.78 is 42.3. The zero-order valence-electron chi connectivity index (χ0n) is 18.8. The van der Waals surface area contributed by atoms with Crippen LogP contribution in [0.3, 0.4) is 0 Å². The molecule has 0 N–H and O–H groups in total. The molecule has 3 saturated heterocycles. The molecule has 0 bridgehead atoms. The molecule has 9 nitrogen and oxygen atoms in total. The summed E-state index contributed by atoms with van der Waals surface area (Å²) in [5, 5.41) is 3.75. The molecule has 1 amide bonds. The average Bonchev–Trinajstić information content (AvgIpc) is 3.14. The number of carbonyl (C=O) groups is 1. The second-order valence-electron chi connectivity index (χ2n) is 9.88. The number of halogens is 1. The van der Waals surface area contributed by atoms with Crippen LogP contribution in [-0.2, 0) is 20.0 Å². The van der Waals surface area contributed by atoms with Crippen LogP contribution in [-0.4, -0.2) is 49.9 Å². The molecule has 34 heavy (non-hydrogen) atoms. The number of anilines is 2. The summed E-state index contributed by atoms with van der Waals surface area (Å²) in [7, 11) is 0. The highest BCUT2D eigenvalue weighted by Crippen LogP contribution is 2.56. The summed E-state index contributed by atoms with van der Waals surface area (Å²) in [5.74, 6) is 0.207. The second kappa shape index (κ2) is 7.32. The third-order valence-electron chi connectivity index (χ3n) is 8.05. The van der Waals surface area contributed by atoms with Crippen LogP contribution < -0.4 is 14.5 Å². The van der Waals surface area contributed by atoms with Gasteiger partial charge in [0, 0.05) is 19.7 Å². The lowest BCUT2D eigenvalue weighted by molar-refractivity contribution is -0.170. The standard InChI is InChI=1S/C24H26FN3O6/c1-13-24(18-12-32-26-22(18)33-24)34-23(29)28(13)20-8-14(25)5-6-19(20)27-9-15-16(10-27)17(15)11-31-21-4-2-3-7-30-21/h5-6,8,12-13,15-17,21H,2-4,7,9-11H2,1H3/t13-,15+,16?,17-,21?,24+/m1/s1. The van der Waals surface area contributed by atoms with Gasteiger partial charge in [0.25, 0.3) is 5.88 Å². The van der Waals surface area contributed by atoms with E-state index in [0.29, 0.717) is 34.9 Å². The number of aromatic nitrogens is 1. The minimum atomic E-state index is -1.28. The predicted octanol–water partition coefficient (Wildman–Crippen LogP) is 3.63. The Kier molecular flexibility index (Phi) is 4.42. The Morgan fingerprint density at radius 3 is 2.82 bits per heavy atom. The molecule has 1 saturated carbocycles. The van der Waals surface area contributed by atoms with Crippen LogP contribution in [0.4, 0.5) is 20.6 Å². The Morgan fingerprint density at radius 1 is 1.21 bits per heavy atom. The van der Waals surface area contributed by atoms with Crippen molar-refractivity contribution in [2.45, 2.75) is 44.3 Å². The van der Waals surface area contributed by atoms with Gasteiger partial charge in [-0.2, -0.15) is 0 Å². The number of hydrogen-bond donors (Lipinski definition) is 0. The van der Waals surface area contributed by atoms with Gasteiger partial charge in [-0.1, -0.05) is 0 Å². The molecule has 1 spiro atoms. The molecule has 7 rings (SSSR count). The molecule has 1 aromatic carbocycles. The highest BCUT2D eigenvalue weighted by molar-refractivity contribution is 5.96. The summed E-state index contributed by atoms with van der Waals surface area (Å²) >= 11 is 0. The number of amides is 1. The van der Waals surface area contributed by atoms with Crippen molar-refractivity contribution in [1.29, 1.82) is 0 Å². The van der Waals surface area contributed by atoms with Crippen LogP contribution in [0.15, 0.2) is 29.0 Å². The maximum absolute atomic E-state index is 14.4. The zero-order chi connectivity index (χ0) is 23.0. The van der Waals surface area contributed by atoms with Crippen LogP contribution in [0.25, 0.3) is 0 Å². The average molecular weight is 471 g/mol. The molecule has 180 valence electrons. The number of fused-ring (bicyclic) bond motifs is 3. The van der Waals surface area contributed by atoms with Gasteiger partial charge in [-0.05, 0) is 67.3 Å². The van der Waals surface area contributed by atoms with Gasteiger partial charge in [0.1, 0.15) is 23.7 Å². The Labute approximate surface area is 195 Å². The molecule has 5 aliphatic rings. The molecular weight excluding hydrogens is 445 g/mol. The first-order valence-corrected chi connectivity index (χ1v) is 12.0. The first-order chi connectivity index (χ1) is 16.5. The van der Waals surface area contributed by atoms with Crippen molar-refractivity contribution in [1.82, 2.24) is 5.16 Å². The van der Waals surface area contributed by atoms with Crippen molar-refractivity contribution in [2.24, 2.45) is 17.8 Å². The smallest absolute Gasteiger partial charge is 0.418 e. The number of nitrogens with zero attached hydrogens (tertiary/aromatic N) is 3. The minimum absolute atomic E-state index is 0.0652. The molecule has 1 aromatic heterocycles. The van der Waals surface area contributed by atoms with Crippen molar-refractivity contribution >= 4 is 17.5 Å². The van der Waals surface area contributed by atoms with Crippen molar-refractivity contribution in [3.05, 3.63) is 35.8 Å². The van der Waals surface area contributed by atoms with E-state index in [1.807, 2.05) is 6.92 Å². The maximum atomic E-state index is 14.4. The van der Waals surface area contributed by atoms with Gasteiger partial charge >= 0.3 is 11.9 Å². The number of hydrogen-bond acceptors (Lipinski definition) is 8. The molecule has 10 heteroatoms. The normalized spacial score (nSPS) is 35.6. The van der Waals surface area contributed by atoms with E-state index in [9.17, 15) is 9.18 Å². The summed E-state index contributed by atoms with van der Waals surface area (Å²) in [6.07, 6.45) is 4.01. The quantitative estimate of drug-likeness (QED) is 0.654. The molecule has 6 atom stereocenters. The molecule has 2 unspecified atom stereocenters. The van der Waals surface area contributed by atoms with Crippen LogP contribution in [0.1, 0.15) is 31.7 Å². The van der Waals surface area contributed by atoms with E-state index in [-0.39, 0.29) is 6.29 Å². The van der Waals surface area contributed by atoms with Crippen molar-refractivity contribution in [3.8, 4) is 5.88 Å².